The van der Waals surface area contributed by atoms with Gasteiger partial charge in [-0.2, -0.15) is 0 Å². The Morgan fingerprint density at radius 2 is 2.00 bits per heavy atom. The molecular formula is C15H30NO2+. The zero-order valence-corrected chi connectivity index (χ0v) is 13.0. The van der Waals surface area contributed by atoms with Gasteiger partial charge in [-0.05, 0) is 33.1 Å². The maximum atomic E-state index is 12.3. The summed E-state index contributed by atoms with van der Waals surface area (Å²) in [5, 5.41) is 0. The quantitative estimate of drug-likeness (QED) is 0.571. The Hall–Kier alpha value is -0.570. The van der Waals surface area contributed by atoms with Crippen LogP contribution in [0, 0.1) is 5.92 Å². The normalized spacial score (nSPS) is 28.7. The van der Waals surface area contributed by atoms with E-state index in [1.807, 2.05) is 20.8 Å². The fourth-order valence-corrected chi connectivity index (χ4v) is 2.68. The molecule has 0 spiro atoms. The zero-order chi connectivity index (χ0) is 14.0. The lowest BCUT2D eigenvalue weighted by molar-refractivity contribution is -0.913. The van der Waals surface area contributed by atoms with Crippen molar-refractivity contribution in [3.05, 3.63) is 0 Å². The summed E-state index contributed by atoms with van der Waals surface area (Å²) in [6.45, 7) is 12.5. The SMILES string of the molecule is CC(C)CC[N+]1(C)CCCC1C(=O)OC(C)(C)C. The molecule has 2 unspecified atom stereocenters. The molecule has 1 saturated heterocycles. The summed E-state index contributed by atoms with van der Waals surface area (Å²) in [5.41, 5.74) is -0.372. The lowest BCUT2D eigenvalue weighted by Gasteiger charge is -2.36. The summed E-state index contributed by atoms with van der Waals surface area (Å²) in [7, 11) is 2.21. The van der Waals surface area contributed by atoms with Gasteiger partial charge in [0.05, 0.1) is 20.1 Å². The number of likely N-dealkylation sites (N-methyl/N-ethyl adjacent to an activating group) is 1. The van der Waals surface area contributed by atoms with E-state index in [-0.39, 0.29) is 17.6 Å². The molecule has 18 heavy (non-hydrogen) atoms. The molecule has 1 heterocycles. The molecule has 0 aromatic carbocycles. The van der Waals surface area contributed by atoms with Crippen molar-refractivity contribution < 1.29 is 14.0 Å². The fraction of sp³-hybridized carbons (Fsp3) is 0.933. The molecule has 0 radical (unpaired) electrons. The number of esters is 1. The van der Waals surface area contributed by atoms with Crippen molar-refractivity contribution in [2.24, 2.45) is 5.92 Å². The maximum Gasteiger partial charge on any atom is 0.365 e. The number of hydrogen-bond donors (Lipinski definition) is 0. The van der Waals surface area contributed by atoms with Crippen molar-refractivity contribution in [3.63, 3.8) is 0 Å². The van der Waals surface area contributed by atoms with Gasteiger partial charge < -0.3 is 9.22 Å². The van der Waals surface area contributed by atoms with Crippen LogP contribution in [-0.2, 0) is 9.53 Å². The number of carbonyl (C=O) groups excluding carboxylic acids is 1. The highest BCUT2D eigenvalue weighted by atomic mass is 16.6. The number of likely N-dealkylation sites (tertiary alicyclic amines) is 1. The Kier molecular flexibility index (Phi) is 4.82. The predicted octanol–water partition coefficient (Wildman–Crippen LogP) is 2.98. The molecule has 3 nitrogen and oxygen atoms in total. The van der Waals surface area contributed by atoms with E-state index in [9.17, 15) is 4.79 Å². The van der Waals surface area contributed by atoms with Crippen LogP contribution < -0.4 is 0 Å². The predicted molar refractivity (Wildman–Crippen MR) is 74.2 cm³/mol. The van der Waals surface area contributed by atoms with Gasteiger partial charge in [0.25, 0.3) is 0 Å². The Balaban J connectivity index is 2.66. The van der Waals surface area contributed by atoms with E-state index in [2.05, 4.69) is 20.9 Å². The van der Waals surface area contributed by atoms with E-state index >= 15 is 0 Å². The lowest BCUT2D eigenvalue weighted by Crippen LogP contribution is -2.53. The first-order valence-corrected chi connectivity index (χ1v) is 7.21. The summed E-state index contributed by atoms with van der Waals surface area (Å²) in [6, 6.07) is 0.0444. The highest BCUT2D eigenvalue weighted by molar-refractivity contribution is 5.75. The molecule has 3 heteroatoms. The lowest BCUT2D eigenvalue weighted by atomic mass is 10.1. The second-order valence-corrected chi connectivity index (χ2v) is 7.30. The minimum Gasteiger partial charge on any atom is -0.456 e. The zero-order valence-electron chi connectivity index (χ0n) is 13.0. The van der Waals surface area contributed by atoms with Crippen molar-refractivity contribution in [3.8, 4) is 0 Å². The van der Waals surface area contributed by atoms with Gasteiger partial charge in [0.15, 0.2) is 6.04 Å². The molecular weight excluding hydrogens is 226 g/mol. The number of rotatable bonds is 4. The molecule has 106 valence electrons. The summed E-state index contributed by atoms with van der Waals surface area (Å²) in [5.74, 6) is 0.686. The summed E-state index contributed by atoms with van der Waals surface area (Å²) in [4.78, 5) is 12.3. The smallest absolute Gasteiger partial charge is 0.365 e. The molecule has 1 fully saturated rings. The third-order valence-corrected chi connectivity index (χ3v) is 3.80. The highest BCUT2D eigenvalue weighted by Gasteiger charge is 2.44. The second kappa shape index (κ2) is 5.60. The number of carbonyl (C=O) groups is 1. The Labute approximate surface area is 112 Å². The van der Waals surface area contributed by atoms with Crippen molar-refractivity contribution in [1.82, 2.24) is 0 Å². The topological polar surface area (TPSA) is 26.3 Å². The Morgan fingerprint density at radius 1 is 1.39 bits per heavy atom. The van der Waals surface area contributed by atoms with Crippen LogP contribution in [0.25, 0.3) is 0 Å². The molecule has 0 bridgehead atoms. The van der Waals surface area contributed by atoms with Crippen LogP contribution in [0.15, 0.2) is 0 Å². The first-order valence-electron chi connectivity index (χ1n) is 7.21. The van der Waals surface area contributed by atoms with Crippen LogP contribution in [-0.4, -0.2) is 42.2 Å². The first kappa shape index (κ1) is 15.5. The van der Waals surface area contributed by atoms with Crippen molar-refractivity contribution in [2.45, 2.75) is 65.5 Å². The van der Waals surface area contributed by atoms with Gasteiger partial charge in [-0.15, -0.1) is 0 Å². The van der Waals surface area contributed by atoms with Gasteiger partial charge in [0.1, 0.15) is 5.60 Å². The number of quaternary nitrogens is 1. The number of ether oxygens (including phenoxy) is 1. The maximum absolute atomic E-state index is 12.3. The molecule has 1 rings (SSSR count). The van der Waals surface area contributed by atoms with Crippen molar-refractivity contribution in [1.29, 1.82) is 0 Å². The van der Waals surface area contributed by atoms with Crippen LogP contribution >= 0.6 is 0 Å². The molecule has 0 amide bonds. The summed E-state index contributed by atoms with van der Waals surface area (Å²) < 4.78 is 6.44. The van der Waals surface area contributed by atoms with Crippen LogP contribution in [0.4, 0.5) is 0 Å². The minimum absolute atomic E-state index is 0.00810. The van der Waals surface area contributed by atoms with Crippen LogP contribution in [0.5, 0.6) is 0 Å². The Bertz CT molecular complexity index is 293. The van der Waals surface area contributed by atoms with Crippen LogP contribution in [0.2, 0.25) is 0 Å². The third kappa shape index (κ3) is 4.27. The van der Waals surface area contributed by atoms with Gasteiger partial charge in [-0.1, -0.05) is 13.8 Å². The van der Waals surface area contributed by atoms with Crippen LogP contribution in [0.3, 0.4) is 0 Å². The molecule has 0 aromatic heterocycles. The van der Waals surface area contributed by atoms with E-state index in [1.54, 1.807) is 0 Å². The number of nitrogens with zero attached hydrogens (tertiary/aromatic N) is 1. The first-order chi connectivity index (χ1) is 8.14. The fourth-order valence-electron chi connectivity index (χ4n) is 2.68. The molecule has 0 aromatic rings. The minimum atomic E-state index is -0.372. The van der Waals surface area contributed by atoms with E-state index in [0.29, 0.717) is 5.92 Å². The van der Waals surface area contributed by atoms with Gasteiger partial charge in [-0.25, -0.2) is 4.79 Å². The van der Waals surface area contributed by atoms with Crippen molar-refractivity contribution in [2.75, 3.05) is 20.1 Å². The van der Waals surface area contributed by atoms with Gasteiger partial charge in [-0.3, -0.25) is 0 Å². The monoisotopic (exact) mass is 256 g/mol. The molecule has 1 aliphatic heterocycles. The van der Waals surface area contributed by atoms with Crippen molar-refractivity contribution >= 4 is 5.97 Å². The molecule has 0 N–H and O–H groups in total. The second-order valence-electron chi connectivity index (χ2n) is 7.30. The van der Waals surface area contributed by atoms with E-state index in [0.717, 1.165) is 30.4 Å². The highest BCUT2D eigenvalue weighted by Crippen LogP contribution is 2.28. The average Bonchev–Trinajstić information content (AvgIpc) is 2.55. The van der Waals surface area contributed by atoms with E-state index < -0.39 is 0 Å². The average molecular weight is 256 g/mol. The van der Waals surface area contributed by atoms with Crippen LogP contribution in [0.1, 0.15) is 53.9 Å². The Morgan fingerprint density at radius 3 is 2.50 bits per heavy atom. The summed E-state index contributed by atoms with van der Waals surface area (Å²) >= 11 is 0. The van der Waals surface area contributed by atoms with E-state index in [4.69, 9.17) is 4.74 Å². The molecule has 0 aliphatic carbocycles. The standard InChI is InChI=1S/C15H30NO2/c1-12(2)9-11-16(6)10-7-8-13(16)14(17)18-15(3,4)5/h12-13H,7-11H2,1-6H3/q+1. The largest absolute Gasteiger partial charge is 0.456 e. The summed E-state index contributed by atoms with van der Waals surface area (Å²) in [6.07, 6.45) is 3.29. The third-order valence-electron chi connectivity index (χ3n) is 3.80. The van der Waals surface area contributed by atoms with Gasteiger partial charge in [0, 0.05) is 12.8 Å². The van der Waals surface area contributed by atoms with E-state index in [1.165, 1.54) is 6.42 Å². The van der Waals surface area contributed by atoms with Gasteiger partial charge in [0.2, 0.25) is 0 Å². The molecule has 0 saturated carbocycles. The van der Waals surface area contributed by atoms with Gasteiger partial charge >= 0.3 is 5.97 Å². The number of hydrogen-bond acceptors (Lipinski definition) is 2. The molecule has 2 atom stereocenters. The molecule has 1 aliphatic rings.